The van der Waals surface area contributed by atoms with E-state index in [9.17, 15) is 0 Å². The molecule has 0 spiro atoms. The number of hydrogen-bond acceptors (Lipinski definition) is 2. The van der Waals surface area contributed by atoms with E-state index in [1.807, 2.05) is 0 Å². The van der Waals surface area contributed by atoms with E-state index in [4.69, 9.17) is 4.74 Å². The average Bonchev–Trinajstić information content (AvgIpc) is 2.31. The number of nitrogens with one attached hydrogen (secondary N) is 1. The first kappa shape index (κ1) is 13.2. The number of rotatable bonds is 7. The van der Waals surface area contributed by atoms with Crippen LogP contribution in [0.2, 0.25) is 0 Å². The first-order valence-electron chi connectivity index (χ1n) is 6.17. The summed E-state index contributed by atoms with van der Waals surface area (Å²) in [6, 6.07) is 8.45. The largest absolute Gasteiger partial charge is 0.372 e. The van der Waals surface area contributed by atoms with Gasteiger partial charge in [-0.15, -0.1) is 0 Å². The predicted molar refractivity (Wildman–Crippen MR) is 68.7 cm³/mol. The van der Waals surface area contributed by atoms with Crippen molar-refractivity contribution in [2.75, 3.05) is 19.7 Å². The molecule has 0 saturated carbocycles. The number of hydrogen-bond donors (Lipinski definition) is 1. The molecule has 1 N–H and O–H groups in total. The van der Waals surface area contributed by atoms with Crippen LogP contribution in [-0.4, -0.2) is 19.7 Å². The molecular formula is C14H23NO. The Labute approximate surface area is 99.0 Å². The average molecular weight is 221 g/mol. The summed E-state index contributed by atoms with van der Waals surface area (Å²) in [5, 5.41) is 3.36. The molecule has 0 heterocycles. The molecule has 90 valence electrons. The van der Waals surface area contributed by atoms with Gasteiger partial charge in [0.05, 0.1) is 6.10 Å². The van der Waals surface area contributed by atoms with Crippen LogP contribution in [-0.2, 0) is 4.74 Å². The van der Waals surface area contributed by atoms with Crippen LogP contribution in [0.1, 0.15) is 37.5 Å². The summed E-state index contributed by atoms with van der Waals surface area (Å²) in [5.41, 5.74) is 2.61. The SMILES string of the molecule is CCCOC(CNCC)c1ccccc1C. The van der Waals surface area contributed by atoms with Gasteiger partial charge >= 0.3 is 0 Å². The quantitative estimate of drug-likeness (QED) is 0.764. The fourth-order valence-corrected chi connectivity index (χ4v) is 1.74. The van der Waals surface area contributed by atoms with Crippen molar-refractivity contribution in [1.29, 1.82) is 0 Å². The molecule has 0 aromatic heterocycles. The zero-order chi connectivity index (χ0) is 11.8. The lowest BCUT2D eigenvalue weighted by atomic mass is 10.0. The second kappa shape index (κ2) is 7.42. The molecule has 0 aliphatic carbocycles. The Morgan fingerprint density at radius 2 is 2.00 bits per heavy atom. The standard InChI is InChI=1S/C14H23NO/c1-4-10-16-14(11-15-5-2)13-9-7-6-8-12(13)3/h6-9,14-15H,4-5,10-11H2,1-3H3. The highest BCUT2D eigenvalue weighted by atomic mass is 16.5. The molecule has 0 aliphatic rings. The highest BCUT2D eigenvalue weighted by molar-refractivity contribution is 5.28. The molecule has 0 fully saturated rings. The molecule has 0 aliphatic heterocycles. The van der Waals surface area contributed by atoms with Gasteiger partial charge in [-0.05, 0) is 31.0 Å². The van der Waals surface area contributed by atoms with Crippen LogP contribution in [0.4, 0.5) is 0 Å². The zero-order valence-corrected chi connectivity index (χ0v) is 10.6. The van der Waals surface area contributed by atoms with Crippen molar-refractivity contribution in [1.82, 2.24) is 5.32 Å². The van der Waals surface area contributed by atoms with Crippen LogP contribution in [0.25, 0.3) is 0 Å². The lowest BCUT2D eigenvalue weighted by Crippen LogP contribution is -2.23. The first-order valence-corrected chi connectivity index (χ1v) is 6.17. The highest BCUT2D eigenvalue weighted by Crippen LogP contribution is 2.20. The molecular weight excluding hydrogens is 198 g/mol. The van der Waals surface area contributed by atoms with Crippen LogP contribution in [0.5, 0.6) is 0 Å². The van der Waals surface area contributed by atoms with Gasteiger partial charge in [0, 0.05) is 13.2 Å². The fourth-order valence-electron chi connectivity index (χ4n) is 1.74. The van der Waals surface area contributed by atoms with Crippen molar-refractivity contribution in [2.24, 2.45) is 0 Å². The number of aryl methyl sites for hydroxylation is 1. The Morgan fingerprint density at radius 1 is 1.25 bits per heavy atom. The summed E-state index contributed by atoms with van der Waals surface area (Å²) in [6.45, 7) is 9.10. The first-order chi connectivity index (χ1) is 7.79. The van der Waals surface area contributed by atoms with E-state index in [-0.39, 0.29) is 6.10 Å². The van der Waals surface area contributed by atoms with Crippen molar-refractivity contribution in [3.63, 3.8) is 0 Å². The fraction of sp³-hybridized carbons (Fsp3) is 0.571. The Bertz CT molecular complexity index is 291. The van der Waals surface area contributed by atoms with E-state index < -0.39 is 0 Å². The van der Waals surface area contributed by atoms with Gasteiger partial charge in [0.2, 0.25) is 0 Å². The molecule has 1 atom stereocenters. The smallest absolute Gasteiger partial charge is 0.0951 e. The van der Waals surface area contributed by atoms with Crippen molar-refractivity contribution < 1.29 is 4.74 Å². The molecule has 2 heteroatoms. The van der Waals surface area contributed by atoms with Crippen molar-refractivity contribution in [3.05, 3.63) is 35.4 Å². The van der Waals surface area contributed by atoms with Crippen LogP contribution in [0, 0.1) is 6.92 Å². The van der Waals surface area contributed by atoms with E-state index in [0.717, 1.165) is 26.1 Å². The van der Waals surface area contributed by atoms with Crippen LogP contribution in [0.15, 0.2) is 24.3 Å². The minimum absolute atomic E-state index is 0.182. The second-order valence-corrected chi connectivity index (χ2v) is 4.02. The normalized spacial score (nSPS) is 12.7. The lowest BCUT2D eigenvalue weighted by Gasteiger charge is -2.20. The minimum atomic E-state index is 0.182. The monoisotopic (exact) mass is 221 g/mol. The number of ether oxygens (including phenoxy) is 1. The molecule has 1 aromatic carbocycles. The van der Waals surface area contributed by atoms with Crippen molar-refractivity contribution >= 4 is 0 Å². The summed E-state index contributed by atoms with van der Waals surface area (Å²) < 4.78 is 5.90. The number of likely N-dealkylation sites (N-methyl/N-ethyl adjacent to an activating group) is 1. The van der Waals surface area contributed by atoms with E-state index in [2.05, 4.69) is 50.4 Å². The Balaban J connectivity index is 2.70. The van der Waals surface area contributed by atoms with E-state index >= 15 is 0 Å². The maximum Gasteiger partial charge on any atom is 0.0951 e. The van der Waals surface area contributed by atoms with Crippen LogP contribution in [0.3, 0.4) is 0 Å². The van der Waals surface area contributed by atoms with Crippen LogP contribution >= 0.6 is 0 Å². The molecule has 0 amide bonds. The van der Waals surface area contributed by atoms with Crippen molar-refractivity contribution in [3.8, 4) is 0 Å². The maximum absolute atomic E-state index is 5.90. The molecule has 0 saturated heterocycles. The molecule has 1 unspecified atom stereocenters. The van der Waals surface area contributed by atoms with Gasteiger partial charge in [-0.1, -0.05) is 38.1 Å². The summed E-state index contributed by atoms with van der Waals surface area (Å²) in [4.78, 5) is 0. The summed E-state index contributed by atoms with van der Waals surface area (Å²) >= 11 is 0. The molecule has 2 nitrogen and oxygen atoms in total. The van der Waals surface area contributed by atoms with E-state index in [1.165, 1.54) is 11.1 Å². The molecule has 0 radical (unpaired) electrons. The number of benzene rings is 1. The highest BCUT2D eigenvalue weighted by Gasteiger charge is 2.12. The van der Waals surface area contributed by atoms with Gasteiger partial charge in [0.15, 0.2) is 0 Å². The third-order valence-corrected chi connectivity index (χ3v) is 2.64. The second-order valence-electron chi connectivity index (χ2n) is 4.02. The van der Waals surface area contributed by atoms with Crippen molar-refractivity contribution in [2.45, 2.75) is 33.3 Å². The maximum atomic E-state index is 5.90. The zero-order valence-electron chi connectivity index (χ0n) is 10.6. The van der Waals surface area contributed by atoms with Gasteiger partial charge in [0.25, 0.3) is 0 Å². The molecule has 16 heavy (non-hydrogen) atoms. The summed E-state index contributed by atoms with van der Waals surface area (Å²) in [6.07, 6.45) is 1.25. The van der Waals surface area contributed by atoms with Gasteiger partial charge in [-0.2, -0.15) is 0 Å². The summed E-state index contributed by atoms with van der Waals surface area (Å²) in [5.74, 6) is 0. The predicted octanol–water partition coefficient (Wildman–Crippen LogP) is 3.07. The van der Waals surface area contributed by atoms with Gasteiger partial charge < -0.3 is 10.1 Å². The minimum Gasteiger partial charge on any atom is -0.372 e. The third-order valence-electron chi connectivity index (χ3n) is 2.64. The molecule has 1 aromatic rings. The Morgan fingerprint density at radius 3 is 2.62 bits per heavy atom. The van der Waals surface area contributed by atoms with Gasteiger partial charge in [-0.3, -0.25) is 0 Å². The summed E-state index contributed by atoms with van der Waals surface area (Å²) in [7, 11) is 0. The molecule has 0 bridgehead atoms. The topological polar surface area (TPSA) is 21.3 Å². The Hall–Kier alpha value is -0.860. The third kappa shape index (κ3) is 3.95. The molecule has 1 rings (SSSR count). The lowest BCUT2D eigenvalue weighted by molar-refractivity contribution is 0.0530. The van der Waals surface area contributed by atoms with E-state index in [0.29, 0.717) is 0 Å². The van der Waals surface area contributed by atoms with Crippen LogP contribution < -0.4 is 5.32 Å². The Kier molecular flexibility index (Phi) is 6.12. The van der Waals surface area contributed by atoms with E-state index in [1.54, 1.807) is 0 Å². The van der Waals surface area contributed by atoms with Gasteiger partial charge in [0.1, 0.15) is 0 Å². The van der Waals surface area contributed by atoms with Gasteiger partial charge in [-0.25, -0.2) is 0 Å².